The van der Waals surface area contributed by atoms with Gasteiger partial charge in [0.2, 0.25) is 0 Å². The van der Waals surface area contributed by atoms with E-state index in [9.17, 15) is 26.7 Å². The fourth-order valence-corrected chi connectivity index (χ4v) is 3.48. The second kappa shape index (κ2) is 9.46. The molecule has 0 heterocycles. The molecule has 0 spiro atoms. The monoisotopic (exact) mass is 489 g/mol. The van der Waals surface area contributed by atoms with E-state index in [1.165, 1.54) is 7.11 Å². The predicted octanol–water partition coefficient (Wildman–Crippen LogP) is 4.77. The second-order valence-corrected chi connectivity index (χ2v) is 7.70. The molecule has 1 fully saturated rings. The highest BCUT2D eigenvalue weighted by Crippen LogP contribution is 2.40. The Hall–Kier alpha value is -1.62. The van der Waals surface area contributed by atoms with Crippen LogP contribution in [0.1, 0.15) is 31.2 Å². The van der Waals surface area contributed by atoms with E-state index in [2.05, 4.69) is 21.2 Å². The van der Waals surface area contributed by atoms with Crippen molar-refractivity contribution in [1.82, 2.24) is 5.32 Å². The fraction of sp³-hybridized carbons (Fsp3) is 0.611. The number of hydrogen-bond acceptors (Lipinski definition) is 4. The van der Waals surface area contributed by atoms with E-state index in [-0.39, 0.29) is 24.3 Å². The summed E-state index contributed by atoms with van der Waals surface area (Å²) in [4.78, 5) is 10.8. The molecule has 1 aromatic rings. The van der Waals surface area contributed by atoms with Gasteiger partial charge in [0.05, 0.1) is 24.1 Å². The molecule has 11 heteroatoms. The van der Waals surface area contributed by atoms with Crippen LogP contribution in [0.5, 0.6) is 11.5 Å². The summed E-state index contributed by atoms with van der Waals surface area (Å²) in [7, 11) is 1.38. The number of alkyl halides is 5. The number of benzene rings is 1. The van der Waals surface area contributed by atoms with Gasteiger partial charge in [-0.15, -0.1) is 0 Å². The van der Waals surface area contributed by atoms with E-state index < -0.39 is 30.9 Å². The Kier molecular flexibility index (Phi) is 7.72. The SMILES string of the molecule is COc1cc(CNC2CC(C(=O)O)C2)cc(Br)c1OCCCC(F)(F)C(F)(F)F. The topological polar surface area (TPSA) is 67.8 Å². The van der Waals surface area contributed by atoms with Gasteiger partial charge < -0.3 is 19.9 Å². The lowest BCUT2D eigenvalue weighted by Crippen LogP contribution is -2.43. The number of halogens is 6. The van der Waals surface area contributed by atoms with Gasteiger partial charge in [-0.1, -0.05) is 0 Å². The molecule has 0 unspecified atom stereocenters. The van der Waals surface area contributed by atoms with Crippen molar-refractivity contribution >= 4 is 21.9 Å². The summed E-state index contributed by atoms with van der Waals surface area (Å²) in [6.45, 7) is 0.112. The van der Waals surface area contributed by atoms with Gasteiger partial charge in [-0.3, -0.25) is 4.79 Å². The number of rotatable bonds is 10. The maximum Gasteiger partial charge on any atom is 0.453 e. The average molecular weight is 490 g/mol. The highest BCUT2D eigenvalue weighted by molar-refractivity contribution is 9.10. The average Bonchev–Trinajstić information content (AvgIpc) is 2.56. The number of aliphatic carboxylic acids is 1. The Labute approximate surface area is 172 Å². The first kappa shape index (κ1) is 23.7. The van der Waals surface area contributed by atoms with Crippen LogP contribution in [0, 0.1) is 5.92 Å². The number of ether oxygens (including phenoxy) is 2. The van der Waals surface area contributed by atoms with E-state index in [1.54, 1.807) is 12.1 Å². The minimum absolute atomic E-state index is 0.104. The zero-order chi connectivity index (χ0) is 21.8. The molecule has 0 radical (unpaired) electrons. The number of hydrogen-bond donors (Lipinski definition) is 2. The van der Waals surface area contributed by atoms with Crippen molar-refractivity contribution in [3.05, 3.63) is 22.2 Å². The van der Waals surface area contributed by atoms with Crippen molar-refractivity contribution < 1.29 is 41.3 Å². The van der Waals surface area contributed by atoms with Crippen molar-refractivity contribution in [3.8, 4) is 11.5 Å². The van der Waals surface area contributed by atoms with Crippen molar-refractivity contribution in [1.29, 1.82) is 0 Å². The molecule has 0 bridgehead atoms. The zero-order valence-electron chi connectivity index (χ0n) is 15.5. The van der Waals surface area contributed by atoms with Crippen LogP contribution in [0.15, 0.2) is 16.6 Å². The van der Waals surface area contributed by atoms with Crippen LogP contribution in [0.3, 0.4) is 0 Å². The molecule has 2 N–H and O–H groups in total. The smallest absolute Gasteiger partial charge is 0.453 e. The molecule has 0 aliphatic heterocycles. The normalized spacial score (nSPS) is 19.6. The van der Waals surface area contributed by atoms with Crippen LogP contribution >= 0.6 is 15.9 Å². The predicted molar refractivity (Wildman–Crippen MR) is 97.4 cm³/mol. The third-order valence-corrected chi connectivity index (χ3v) is 5.26. The van der Waals surface area contributed by atoms with Gasteiger partial charge in [-0.05, 0) is 52.9 Å². The Morgan fingerprint density at radius 3 is 2.48 bits per heavy atom. The molecule has 1 aromatic carbocycles. The van der Waals surface area contributed by atoms with Crippen LogP contribution in [0.25, 0.3) is 0 Å². The lowest BCUT2D eigenvalue weighted by molar-refractivity contribution is -0.284. The van der Waals surface area contributed by atoms with E-state index >= 15 is 0 Å². The molecule has 0 atom stereocenters. The highest BCUT2D eigenvalue weighted by Gasteiger charge is 2.56. The molecule has 0 aromatic heterocycles. The van der Waals surface area contributed by atoms with Gasteiger partial charge in [0, 0.05) is 19.0 Å². The summed E-state index contributed by atoms with van der Waals surface area (Å²) in [5.74, 6) is -5.37. The summed E-state index contributed by atoms with van der Waals surface area (Å²) in [6, 6.07) is 3.47. The molecule has 1 saturated carbocycles. The van der Waals surface area contributed by atoms with Crippen LogP contribution in [0.2, 0.25) is 0 Å². The Bertz CT molecular complexity index is 723. The van der Waals surface area contributed by atoms with Gasteiger partial charge >= 0.3 is 18.1 Å². The summed E-state index contributed by atoms with van der Waals surface area (Å²) in [5.41, 5.74) is 0.809. The summed E-state index contributed by atoms with van der Waals surface area (Å²) >= 11 is 3.29. The minimum atomic E-state index is -5.58. The summed E-state index contributed by atoms with van der Waals surface area (Å²) in [5, 5.41) is 12.1. The van der Waals surface area contributed by atoms with Crippen molar-refractivity contribution in [2.75, 3.05) is 13.7 Å². The van der Waals surface area contributed by atoms with E-state index in [0.717, 1.165) is 5.56 Å². The molecular formula is C18H21BrF5NO4. The maximum atomic E-state index is 12.9. The number of carboxylic acids is 1. The molecule has 29 heavy (non-hydrogen) atoms. The lowest BCUT2D eigenvalue weighted by Gasteiger charge is -2.33. The number of methoxy groups -OCH3 is 1. The van der Waals surface area contributed by atoms with E-state index in [4.69, 9.17) is 14.6 Å². The standard InChI is InChI=1S/C18H21BrF5NO4/c1-28-14-6-10(9-25-12-7-11(8-12)16(26)27)5-13(19)15(14)29-4-2-3-17(20,21)18(22,23)24/h5-6,11-12,25H,2-4,7-9H2,1H3,(H,26,27). The molecule has 164 valence electrons. The van der Waals surface area contributed by atoms with Crippen LogP contribution < -0.4 is 14.8 Å². The first-order valence-corrected chi connectivity index (χ1v) is 9.64. The van der Waals surface area contributed by atoms with Gasteiger partial charge in [-0.25, -0.2) is 0 Å². The molecule has 5 nitrogen and oxygen atoms in total. The Morgan fingerprint density at radius 2 is 1.93 bits per heavy atom. The number of nitrogens with one attached hydrogen (secondary N) is 1. The van der Waals surface area contributed by atoms with E-state index in [1.807, 2.05) is 0 Å². The van der Waals surface area contributed by atoms with Crippen molar-refractivity contribution in [2.24, 2.45) is 5.92 Å². The minimum Gasteiger partial charge on any atom is -0.493 e. The third-order valence-electron chi connectivity index (χ3n) is 4.67. The van der Waals surface area contributed by atoms with Crippen LogP contribution in [-0.4, -0.2) is 42.9 Å². The molecule has 1 aliphatic carbocycles. The maximum absolute atomic E-state index is 12.9. The summed E-state index contributed by atoms with van der Waals surface area (Å²) in [6.07, 6.45) is -6.32. The largest absolute Gasteiger partial charge is 0.493 e. The molecule has 2 rings (SSSR count). The molecule has 0 saturated heterocycles. The van der Waals surface area contributed by atoms with Crippen molar-refractivity contribution in [3.63, 3.8) is 0 Å². The van der Waals surface area contributed by atoms with Gasteiger partial charge in [0.1, 0.15) is 0 Å². The number of carboxylic acid groups (broad SMARTS) is 1. The van der Waals surface area contributed by atoms with Crippen LogP contribution in [0.4, 0.5) is 22.0 Å². The van der Waals surface area contributed by atoms with Crippen LogP contribution in [-0.2, 0) is 11.3 Å². The molecule has 0 amide bonds. The van der Waals surface area contributed by atoms with E-state index in [0.29, 0.717) is 29.6 Å². The Balaban J connectivity index is 1.88. The van der Waals surface area contributed by atoms with Gasteiger partial charge in [-0.2, -0.15) is 22.0 Å². The lowest BCUT2D eigenvalue weighted by atomic mass is 9.80. The highest BCUT2D eigenvalue weighted by atomic mass is 79.9. The summed E-state index contributed by atoms with van der Waals surface area (Å²) < 4.78 is 73.5. The quantitative estimate of drug-likeness (QED) is 0.366. The second-order valence-electron chi connectivity index (χ2n) is 6.85. The molecule has 1 aliphatic rings. The Morgan fingerprint density at radius 1 is 1.28 bits per heavy atom. The first-order valence-electron chi connectivity index (χ1n) is 8.84. The number of carbonyl (C=O) groups is 1. The first-order chi connectivity index (χ1) is 13.4. The third kappa shape index (κ3) is 6.18. The van der Waals surface area contributed by atoms with Gasteiger partial charge in [0.25, 0.3) is 0 Å². The molecular weight excluding hydrogens is 469 g/mol. The van der Waals surface area contributed by atoms with Gasteiger partial charge in [0.15, 0.2) is 11.5 Å². The zero-order valence-corrected chi connectivity index (χ0v) is 17.1. The van der Waals surface area contributed by atoms with Crippen molar-refractivity contribution in [2.45, 2.75) is 50.4 Å². The fourth-order valence-electron chi connectivity index (χ4n) is 2.87.